The molecule has 4 N–H and O–H groups in total. The lowest BCUT2D eigenvalue weighted by molar-refractivity contribution is -0.242. The lowest BCUT2D eigenvalue weighted by atomic mass is 9.86. The third-order valence-electron chi connectivity index (χ3n) is 5.61. The van der Waals surface area contributed by atoms with Gasteiger partial charge in [0, 0.05) is 16.6 Å². The van der Waals surface area contributed by atoms with Crippen LogP contribution in [-0.4, -0.2) is 74.1 Å². The summed E-state index contributed by atoms with van der Waals surface area (Å²) in [6, 6.07) is 9.54. The van der Waals surface area contributed by atoms with Crippen LogP contribution in [0, 0.1) is 5.92 Å². The van der Waals surface area contributed by atoms with E-state index in [1.54, 1.807) is 0 Å². The van der Waals surface area contributed by atoms with E-state index in [1.807, 2.05) is 30.3 Å². The maximum atomic E-state index is 13.1. The van der Waals surface area contributed by atoms with Crippen molar-refractivity contribution < 1.29 is 29.6 Å². The summed E-state index contributed by atoms with van der Waals surface area (Å²) in [6.45, 7) is 1.09. The number of nitrogens with zero attached hydrogens (tertiary/aromatic N) is 1. The second-order valence-electron chi connectivity index (χ2n) is 7.53. The van der Waals surface area contributed by atoms with Gasteiger partial charge in [0.1, 0.15) is 11.7 Å². The molecular weight excluding hydrogens is 372 g/mol. The topological polar surface area (TPSA) is 119 Å². The van der Waals surface area contributed by atoms with E-state index in [2.05, 4.69) is 5.32 Å². The molecule has 9 heteroatoms. The Hall–Kier alpha value is -1.65. The number of hydrogen-bond acceptors (Lipinski definition) is 7. The van der Waals surface area contributed by atoms with Crippen molar-refractivity contribution in [2.45, 2.75) is 41.4 Å². The Balaban J connectivity index is 1.65. The summed E-state index contributed by atoms with van der Waals surface area (Å²) in [7, 11) is 0. The number of nitrogens with one attached hydrogen (secondary N) is 1. The number of carbonyl (C=O) groups is 2. The Kier molecular flexibility index (Phi) is 4.28. The Morgan fingerprint density at radius 1 is 1.30 bits per heavy atom. The molecule has 4 saturated heterocycles. The van der Waals surface area contributed by atoms with Crippen LogP contribution >= 0.6 is 11.8 Å². The zero-order chi connectivity index (χ0) is 19.4. The number of benzene rings is 1. The van der Waals surface area contributed by atoms with E-state index in [-0.39, 0.29) is 13.2 Å². The summed E-state index contributed by atoms with van der Waals surface area (Å²) in [5.41, 5.74) is -5.84. The molecule has 1 aromatic carbocycles. The molecule has 0 aliphatic carbocycles. The van der Waals surface area contributed by atoms with Gasteiger partial charge in [0.2, 0.25) is 5.72 Å². The number of piperazine rings is 1. The molecule has 0 unspecified atom stereocenters. The number of aliphatic hydroxyl groups excluding tert-OH is 1. The third-order valence-corrected chi connectivity index (χ3v) is 6.79. The van der Waals surface area contributed by atoms with Crippen molar-refractivity contribution in [2.75, 3.05) is 18.9 Å². The van der Waals surface area contributed by atoms with Crippen LogP contribution in [0.15, 0.2) is 35.2 Å². The van der Waals surface area contributed by atoms with Gasteiger partial charge in [-0.1, -0.05) is 18.2 Å². The zero-order valence-corrected chi connectivity index (χ0v) is 15.6. The molecule has 4 aliphatic rings. The maximum absolute atomic E-state index is 13.1. The second kappa shape index (κ2) is 6.18. The quantitative estimate of drug-likeness (QED) is 0.500. The van der Waals surface area contributed by atoms with Crippen molar-refractivity contribution in [3.05, 3.63) is 30.3 Å². The minimum Gasteiger partial charge on any atom is -0.385 e. The van der Waals surface area contributed by atoms with Crippen LogP contribution in [-0.2, 0) is 14.3 Å². The first-order chi connectivity index (χ1) is 12.7. The molecule has 5 rings (SSSR count). The Morgan fingerprint density at radius 3 is 2.70 bits per heavy atom. The van der Waals surface area contributed by atoms with E-state index >= 15 is 0 Å². The van der Waals surface area contributed by atoms with E-state index in [9.17, 15) is 24.9 Å². The molecule has 0 saturated carbocycles. The molecule has 4 fully saturated rings. The number of amides is 2. The standard InChI is InChI=1S/C18H22N2O6S/c1-16(24)10-20-15(23)17(25)11(9-27-12-5-3-2-4-6-12)7-8-26-18(20,13(16)21)14(22)19-17/h2-6,11,13,21,24-25H,7-10H2,1H3,(H,19,22)/t11-,13+,16+,17-,18+/m1/s1. The number of carbonyl (C=O) groups excluding carboxylic acids is 2. The van der Waals surface area contributed by atoms with Gasteiger partial charge in [0.05, 0.1) is 13.2 Å². The third kappa shape index (κ3) is 2.60. The van der Waals surface area contributed by atoms with Gasteiger partial charge in [0.25, 0.3) is 17.5 Å². The highest BCUT2D eigenvalue weighted by molar-refractivity contribution is 7.99. The number of hydrogen-bond donors (Lipinski definition) is 4. The van der Waals surface area contributed by atoms with Crippen molar-refractivity contribution in [1.82, 2.24) is 10.2 Å². The number of thioether (sulfide) groups is 1. The van der Waals surface area contributed by atoms with Gasteiger partial charge in [-0.25, -0.2) is 0 Å². The molecule has 27 heavy (non-hydrogen) atoms. The fourth-order valence-corrected chi connectivity index (χ4v) is 5.22. The number of rotatable bonds is 3. The summed E-state index contributed by atoms with van der Waals surface area (Å²) in [4.78, 5) is 27.9. The van der Waals surface area contributed by atoms with Gasteiger partial charge in [0.15, 0.2) is 0 Å². The zero-order valence-electron chi connectivity index (χ0n) is 14.8. The highest BCUT2D eigenvalue weighted by atomic mass is 32.2. The maximum Gasteiger partial charge on any atom is 0.279 e. The molecule has 4 aliphatic heterocycles. The van der Waals surface area contributed by atoms with Crippen molar-refractivity contribution in [2.24, 2.45) is 5.92 Å². The van der Waals surface area contributed by atoms with Crippen LogP contribution in [0.2, 0.25) is 0 Å². The summed E-state index contributed by atoms with van der Waals surface area (Å²) in [6.07, 6.45) is -1.30. The summed E-state index contributed by atoms with van der Waals surface area (Å²) < 4.78 is 5.70. The summed E-state index contributed by atoms with van der Waals surface area (Å²) in [5.74, 6) is -1.79. The van der Waals surface area contributed by atoms with Crippen LogP contribution in [0.5, 0.6) is 0 Å². The normalized spacial score (nSPS) is 41.1. The highest BCUT2D eigenvalue weighted by Gasteiger charge is 2.73. The first-order valence-electron chi connectivity index (χ1n) is 8.81. The van der Waals surface area contributed by atoms with Crippen LogP contribution < -0.4 is 5.32 Å². The van der Waals surface area contributed by atoms with Gasteiger partial charge >= 0.3 is 0 Å². The molecule has 2 bridgehead atoms. The van der Waals surface area contributed by atoms with E-state index in [0.717, 1.165) is 9.80 Å². The van der Waals surface area contributed by atoms with Gasteiger partial charge in [-0.15, -0.1) is 11.8 Å². The Bertz CT molecular complexity index is 774. The number of aliphatic hydroxyl groups is 3. The molecular formula is C18H22N2O6S. The van der Waals surface area contributed by atoms with Gasteiger partial charge < -0.3 is 25.4 Å². The fourth-order valence-electron chi connectivity index (χ4n) is 4.07. The predicted molar refractivity (Wildman–Crippen MR) is 95.4 cm³/mol. The van der Waals surface area contributed by atoms with Crippen molar-refractivity contribution in [3.63, 3.8) is 0 Å². The highest BCUT2D eigenvalue weighted by Crippen LogP contribution is 2.45. The lowest BCUT2D eigenvalue weighted by Crippen LogP contribution is -2.80. The average Bonchev–Trinajstić information content (AvgIpc) is 2.84. The SMILES string of the molecule is C[C@]1(O)CN2C(=O)[C@@]3(O)NC(=O)[C@@]2(OCC[C@@H]3CSc2ccccc2)[C@H]1O. The Labute approximate surface area is 160 Å². The van der Waals surface area contributed by atoms with Crippen LogP contribution in [0.4, 0.5) is 0 Å². The van der Waals surface area contributed by atoms with E-state index in [4.69, 9.17) is 4.74 Å². The fraction of sp³-hybridized carbons (Fsp3) is 0.556. The largest absolute Gasteiger partial charge is 0.385 e. The smallest absolute Gasteiger partial charge is 0.279 e. The molecule has 1 aromatic rings. The molecule has 1 spiro atoms. The Morgan fingerprint density at radius 2 is 2.00 bits per heavy atom. The molecule has 5 atom stereocenters. The lowest BCUT2D eigenvalue weighted by Gasteiger charge is -2.51. The first-order valence-corrected chi connectivity index (χ1v) is 9.80. The van der Waals surface area contributed by atoms with E-state index in [0.29, 0.717) is 12.2 Å². The summed E-state index contributed by atoms with van der Waals surface area (Å²) in [5, 5.41) is 34.5. The predicted octanol–water partition coefficient (Wildman–Crippen LogP) is -0.716. The molecule has 4 heterocycles. The van der Waals surface area contributed by atoms with E-state index in [1.165, 1.54) is 18.7 Å². The minimum absolute atomic E-state index is 0.0622. The molecule has 0 radical (unpaired) electrons. The minimum atomic E-state index is -2.10. The molecule has 8 nitrogen and oxygen atoms in total. The van der Waals surface area contributed by atoms with Gasteiger partial charge in [-0.05, 0) is 25.5 Å². The van der Waals surface area contributed by atoms with Crippen molar-refractivity contribution in [1.29, 1.82) is 0 Å². The number of ether oxygens (including phenoxy) is 1. The van der Waals surface area contributed by atoms with Crippen LogP contribution in [0.1, 0.15) is 13.3 Å². The number of fused-ring (bicyclic) bond motifs is 4. The molecule has 0 aromatic heterocycles. The van der Waals surface area contributed by atoms with Gasteiger partial charge in [-0.3, -0.25) is 14.5 Å². The molecule has 2 amide bonds. The first kappa shape index (κ1) is 18.7. The molecule has 146 valence electrons. The van der Waals surface area contributed by atoms with Gasteiger partial charge in [-0.2, -0.15) is 0 Å². The average molecular weight is 394 g/mol. The van der Waals surface area contributed by atoms with Crippen LogP contribution in [0.25, 0.3) is 0 Å². The second-order valence-corrected chi connectivity index (χ2v) is 8.62. The monoisotopic (exact) mass is 394 g/mol. The van der Waals surface area contributed by atoms with Crippen LogP contribution in [0.3, 0.4) is 0 Å². The van der Waals surface area contributed by atoms with Crippen molar-refractivity contribution in [3.8, 4) is 0 Å². The van der Waals surface area contributed by atoms with Crippen molar-refractivity contribution >= 4 is 23.6 Å². The van der Waals surface area contributed by atoms with E-state index < -0.39 is 40.9 Å². The summed E-state index contributed by atoms with van der Waals surface area (Å²) >= 11 is 1.47.